The second-order valence-electron chi connectivity index (χ2n) is 5.77. The van der Waals surface area contributed by atoms with Crippen LogP contribution in [0.5, 0.6) is 5.75 Å². The normalized spacial score (nSPS) is 10.8. The number of hydrogen-bond acceptors (Lipinski definition) is 7. The second-order valence-corrected chi connectivity index (χ2v) is 7.55. The lowest BCUT2D eigenvalue weighted by Gasteiger charge is -2.14. The fourth-order valence-corrected chi connectivity index (χ4v) is 4.39. The first-order chi connectivity index (χ1) is 13.0. The number of methoxy groups -OCH3 is 1. The number of thiazole rings is 1. The fraction of sp³-hybridized carbons (Fsp3) is 0.333. The molecule has 0 saturated carbocycles. The minimum Gasteiger partial charge on any atom is -0.497 e. The molecule has 0 N–H and O–H groups in total. The third kappa shape index (κ3) is 4.30. The highest BCUT2D eigenvalue weighted by molar-refractivity contribution is 7.98. The zero-order valence-corrected chi connectivity index (χ0v) is 17.3. The number of hydrogen-bond donors (Lipinski definition) is 0. The van der Waals surface area contributed by atoms with E-state index in [1.807, 2.05) is 48.2 Å². The van der Waals surface area contributed by atoms with E-state index in [1.54, 1.807) is 30.7 Å². The Labute approximate surface area is 166 Å². The van der Waals surface area contributed by atoms with Crippen LogP contribution < -0.4 is 9.64 Å². The standard InChI is InChI=1S/C18H21N5O2S2/c1-5-23(12(2)24)17-19-14(10-26-17)11-27-18-21-20-16(22(18)3)13-6-8-15(25-4)9-7-13/h6-10H,5,11H2,1-4H3. The Morgan fingerprint density at radius 1 is 1.30 bits per heavy atom. The molecule has 1 aromatic carbocycles. The van der Waals surface area contributed by atoms with Gasteiger partial charge in [0.2, 0.25) is 5.91 Å². The van der Waals surface area contributed by atoms with Crippen LogP contribution in [0.1, 0.15) is 19.5 Å². The van der Waals surface area contributed by atoms with Crippen LogP contribution in [0.4, 0.5) is 5.13 Å². The first kappa shape index (κ1) is 19.4. The summed E-state index contributed by atoms with van der Waals surface area (Å²) in [4.78, 5) is 17.9. The summed E-state index contributed by atoms with van der Waals surface area (Å²) in [7, 11) is 3.59. The zero-order chi connectivity index (χ0) is 19.4. The van der Waals surface area contributed by atoms with Crippen LogP contribution in [-0.4, -0.2) is 39.3 Å². The smallest absolute Gasteiger partial charge is 0.225 e. The molecular formula is C18H21N5O2S2. The molecule has 7 nitrogen and oxygen atoms in total. The van der Waals surface area contributed by atoms with Crippen molar-refractivity contribution in [3.63, 3.8) is 0 Å². The number of thioether (sulfide) groups is 1. The van der Waals surface area contributed by atoms with E-state index in [0.717, 1.165) is 33.1 Å². The summed E-state index contributed by atoms with van der Waals surface area (Å²) < 4.78 is 7.16. The van der Waals surface area contributed by atoms with Crippen molar-refractivity contribution in [2.75, 3.05) is 18.6 Å². The second kappa shape index (κ2) is 8.53. The molecule has 3 aromatic rings. The third-order valence-corrected chi connectivity index (χ3v) is 5.97. The van der Waals surface area contributed by atoms with E-state index in [4.69, 9.17) is 4.74 Å². The van der Waals surface area contributed by atoms with Crippen molar-refractivity contribution >= 4 is 34.1 Å². The largest absolute Gasteiger partial charge is 0.497 e. The summed E-state index contributed by atoms with van der Waals surface area (Å²) in [6, 6.07) is 7.74. The van der Waals surface area contributed by atoms with Crippen molar-refractivity contribution in [2.45, 2.75) is 24.8 Å². The maximum absolute atomic E-state index is 11.6. The van der Waals surface area contributed by atoms with Crippen LogP contribution in [0.15, 0.2) is 34.8 Å². The van der Waals surface area contributed by atoms with Crippen molar-refractivity contribution < 1.29 is 9.53 Å². The lowest BCUT2D eigenvalue weighted by Crippen LogP contribution is -2.27. The minimum atomic E-state index is 0.00323. The number of anilines is 1. The zero-order valence-electron chi connectivity index (χ0n) is 15.7. The first-order valence-electron chi connectivity index (χ1n) is 8.42. The van der Waals surface area contributed by atoms with Gasteiger partial charge in [-0.15, -0.1) is 21.5 Å². The highest BCUT2D eigenvalue weighted by Crippen LogP contribution is 2.28. The van der Waals surface area contributed by atoms with E-state index in [9.17, 15) is 4.79 Å². The Balaban J connectivity index is 1.69. The van der Waals surface area contributed by atoms with E-state index in [2.05, 4.69) is 15.2 Å². The SMILES string of the molecule is CCN(C(C)=O)c1nc(CSc2nnc(-c3ccc(OC)cc3)n2C)cs1. The van der Waals surface area contributed by atoms with Gasteiger partial charge in [-0.05, 0) is 31.2 Å². The van der Waals surface area contributed by atoms with Crippen LogP contribution in [0.2, 0.25) is 0 Å². The molecule has 9 heteroatoms. The number of nitrogens with zero attached hydrogens (tertiary/aromatic N) is 5. The topological polar surface area (TPSA) is 73.1 Å². The lowest BCUT2D eigenvalue weighted by atomic mass is 10.2. The molecule has 27 heavy (non-hydrogen) atoms. The van der Waals surface area contributed by atoms with Crippen molar-refractivity contribution in [1.29, 1.82) is 0 Å². The highest BCUT2D eigenvalue weighted by Gasteiger charge is 2.15. The summed E-state index contributed by atoms with van der Waals surface area (Å²) in [5.74, 6) is 2.28. The van der Waals surface area contributed by atoms with Gasteiger partial charge < -0.3 is 9.30 Å². The average molecular weight is 404 g/mol. The fourth-order valence-electron chi connectivity index (χ4n) is 2.55. The van der Waals surface area contributed by atoms with Crippen LogP contribution in [-0.2, 0) is 17.6 Å². The van der Waals surface area contributed by atoms with E-state index in [1.165, 1.54) is 11.3 Å². The predicted molar refractivity (Wildman–Crippen MR) is 108 cm³/mol. The molecule has 142 valence electrons. The summed E-state index contributed by atoms with van der Waals surface area (Å²) >= 11 is 3.05. The van der Waals surface area contributed by atoms with Gasteiger partial charge >= 0.3 is 0 Å². The third-order valence-electron chi connectivity index (χ3n) is 4.00. The molecule has 2 heterocycles. The van der Waals surface area contributed by atoms with Crippen LogP contribution in [0.3, 0.4) is 0 Å². The average Bonchev–Trinajstić information content (AvgIpc) is 3.27. The number of carbonyl (C=O) groups is 1. The van der Waals surface area contributed by atoms with Crippen molar-refractivity contribution in [2.24, 2.45) is 7.05 Å². The van der Waals surface area contributed by atoms with E-state index >= 15 is 0 Å². The van der Waals surface area contributed by atoms with Gasteiger partial charge in [-0.2, -0.15) is 0 Å². The van der Waals surface area contributed by atoms with Crippen molar-refractivity contribution in [1.82, 2.24) is 19.7 Å². The summed E-state index contributed by atoms with van der Waals surface area (Å²) in [6.45, 7) is 4.11. The van der Waals surface area contributed by atoms with Gasteiger partial charge in [-0.1, -0.05) is 11.8 Å². The Morgan fingerprint density at radius 3 is 2.67 bits per heavy atom. The summed E-state index contributed by atoms with van der Waals surface area (Å²) in [5, 5.41) is 12.1. The number of rotatable bonds is 7. The van der Waals surface area contributed by atoms with Gasteiger partial charge in [0, 0.05) is 37.2 Å². The van der Waals surface area contributed by atoms with Crippen molar-refractivity contribution in [3.05, 3.63) is 35.3 Å². The highest BCUT2D eigenvalue weighted by atomic mass is 32.2. The van der Waals surface area contributed by atoms with Gasteiger partial charge in [-0.3, -0.25) is 9.69 Å². The minimum absolute atomic E-state index is 0.00323. The molecular weight excluding hydrogens is 382 g/mol. The molecule has 0 spiro atoms. The first-order valence-corrected chi connectivity index (χ1v) is 10.3. The Morgan fingerprint density at radius 2 is 2.04 bits per heavy atom. The molecule has 0 saturated heterocycles. The molecule has 2 aromatic heterocycles. The van der Waals surface area contributed by atoms with E-state index in [-0.39, 0.29) is 5.91 Å². The predicted octanol–water partition coefficient (Wildman–Crippen LogP) is 3.61. The van der Waals surface area contributed by atoms with Gasteiger partial charge in [0.1, 0.15) is 5.75 Å². The molecule has 0 unspecified atom stereocenters. The Kier molecular flexibility index (Phi) is 6.12. The Bertz CT molecular complexity index is 920. The number of benzene rings is 1. The van der Waals surface area contributed by atoms with Crippen molar-refractivity contribution in [3.8, 4) is 17.1 Å². The quantitative estimate of drug-likeness (QED) is 0.561. The van der Waals surface area contributed by atoms with Crippen LogP contribution in [0, 0.1) is 0 Å². The molecule has 0 aliphatic carbocycles. The van der Waals surface area contributed by atoms with Gasteiger partial charge in [0.15, 0.2) is 16.1 Å². The van der Waals surface area contributed by atoms with E-state index in [0.29, 0.717) is 12.3 Å². The maximum Gasteiger partial charge on any atom is 0.225 e. The molecule has 1 amide bonds. The summed E-state index contributed by atoms with van der Waals surface area (Å²) in [6.07, 6.45) is 0. The molecule has 0 bridgehead atoms. The lowest BCUT2D eigenvalue weighted by molar-refractivity contribution is -0.116. The maximum atomic E-state index is 11.6. The molecule has 0 fully saturated rings. The summed E-state index contributed by atoms with van der Waals surface area (Å²) in [5.41, 5.74) is 1.90. The number of ether oxygens (including phenoxy) is 1. The number of aromatic nitrogens is 4. The van der Waals surface area contributed by atoms with Crippen LogP contribution in [0.25, 0.3) is 11.4 Å². The molecule has 0 aliphatic heterocycles. The number of carbonyl (C=O) groups excluding carboxylic acids is 1. The number of amides is 1. The van der Waals surface area contributed by atoms with Gasteiger partial charge in [-0.25, -0.2) is 4.98 Å². The monoisotopic (exact) mass is 403 g/mol. The van der Waals surface area contributed by atoms with E-state index < -0.39 is 0 Å². The van der Waals surface area contributed by atoms with Crippen LogP contribution >= 0.6 is 23.1 Å². The molecule has 0 radical (unpaired) electrons. The van der Waals surface area contributed by atoms with Gasteiger partial charge in [0.25, 0.3) is 0 Å². The molecule has 0 atom stereocenters. The molecule has 3 rings (SSSR count). The molecule has 0 aliphatic rings. The Hall–Kier alpha value is -2.39. The van der Waals surface area contributed by atoms with Gasteiger partial charge in [0.05, 0.1) is 12.8 Å².